The molecule has 0 saturated carbocycles. The van der Waals surface area contributed by atoms with Crippen LogP contribution in [0.4, 0.5) is 0 Å². The lowest BCUT2D eigenvalue weighted by atomic mass is 10.3. The summed E-state index contributed by atoms with van der Waals surface area (Å²) < 4.78 is 0. The number of primary amides is 1. The van der Waals surface area contributed by atoms with Gasteiger partial charge in [-0.15, -0.1) is 11.3 Å². The van der Waals surface area contributed by atoms with E-state index in [1.54, 1.807) is 13.1 Å². The maximum absolute atomic E-state index is 11.0. The molecule has 0 unspecified atom stereocenters. The summed E-state index contributed by atoms with van der Waals surface area (Å²) in [6, 6.07) is 5.56. The van der Waals surface area contributed by atoms with Crippen LogP contribution >= 0.6 is 11.3 Å². The number of hydrogen-bond acceptors (Lipinski definition) is 4. The Morgan fingerprint density at radius 2 is 2.33 bits per heavy atom. The van der Waals surface area contributed by atoms with E-state index in [1.165, 1.54) is 11.3 Å². The van der Waals surface area contributed by atoms with Crippen LogP contribution in [-0.2, 0) is 0 Å². The normalized spacial score (nSPS) is 10.2. The first kappa shape index (κ1) is 9.79. The van der Waals surface area contributed by atoms with E-state index < -0.39 is 5.91 Å². The van der Waals surface area contributed by atoms with Gasteiger partial charge in [-0.3, -0.25) is 9.78 Å². The molecule has 0 fully saturated rings. The topological polar surface area (TPSA) is 68.9 Å². The van der Waals surface area contributed by atoms with E-state index in [9.17, 15) is 4.79 Å². The minimum atomic E-state index is -0.438. The van der Waals surface area contributed by atoms with Gasteiger partial charge in [0.25, 0.3) is 5.91 Å². The van der Waals surface area contributed by atoms with Gasteiger partial charge >= 0.3 is 0 Å². The zero-order chi connectivity index (χ0) is 10.8. The molecule has 2 N–H and O–H groups in total. The van der Waals surface area contributed by atoms with Crippen LogP contribution in [0, 0.1) is 6.92 Å². The molecule has 2 rings (SSSR count). The quantitative estimate of drug-likeness (QED) is 0.841. The molecule has 0 aliphatic rings. The average molecular weight is 221 g/mol. The molecular formula is C10H11N3OS. The molecule has 4 nitrogen and oxygen atoms in total. The number of thiazole rings is 1. The third-order valence-corrected chi connectivity index (χ3v) is 3.10. The number of nitrogens with two attached hydrogens (primary N) is 1. The lowest BCUT2D eigenvalue weighted by Gasteiger charge is -1.91. The second-order valence-electron chi connectivity index (χ2n) is 3.01. The Labute approximate surface area is 92.3 Å². The number of carbonyl (C=O) groups excluding carboxylic acids is 1. The number of amides is 1. The Morgan fingerprint density at radius 3 is 2.87 bits per heavy atom. The fourth-order valence-corrected chi connectivity index (χ4v) is 2.12. The molecular weight excluding hydrogens is 210 g/mol. The average Bonchev–Trinajstić information content (AvgIpc) is 2.62. The number of aryl methyl sites for hydroxylation is 1. The summed E-state index contributed by atoms with van der Waals surface area (Å²) in [4.78, 5) is 20.0. The maximum atomic E-state index is 11.0. The van der Waals surface area contributed by atoms with Crippen LogP contribution in [0.2, 0.25) is 0 Å². The van der Waals surface area contributed by atoms with Crippen LogP contribution < -0.4 is 5.73 Å². The summed E-state index contributed by atoms with van der Waals surface area (Å²) in [7, 11) is 0. The van der Waals surface area contributed by atoms with Crippen molar-refractivity contribution in [2.24, 2.45) is 5.73 Å². The standard InChI is InChI=1S/C10H9N3OS.H2/c1-6-8(9(11)14)15-10(13-6)7-4-2-3-5-12-7;/h2-5H,1H3,(H2,11,14);1H. The maximum Gasteiger partial charge on any atom is 0.260 e. The zero-order valence-electron chi connectivity index (χ0n) is 8.10. The van der Waals surface area contributed by atoms with Gasteiger partial charge in [-0.25, -0.2) is 4.98 Å². The number of hydrogen-bond donors (Lipinski definition) is 1. The first-order chi connectivity index (χ1) is 7.18. The number of carbonyl (C=O) groups is 1. The molecule has 2 heterocycles. The van der Waals surface area contributed by atoms with Crippen molar-refractivity contribution in [3.63, 3.8) is 0 Å². The Hall–Kier alpha value is -1.75. The fraction of sp³-hybridized carbons (Fsp3) is 0.100. The number of rotatable bonds is 2. The first-order valence-corrected chi connectivity index (χ1v) is 5.19. The van der Waals surface area contributed by atoms with Gasteiger partial charge in [0.05, 0.1) is 11.4 Å². The van der Waals surface area contributed by atoms with E-state index >= 15 is 0 Å². The SMILES string of the molecule is Cc1nc(-c2ccccn2)sc1C(N)=O.[HH]. The van der Waals surface area contributed by atoms with Gasteiger partial charge in [-0.1, -0.05) is 6.07 Å². The molecule has 0 radical (unpaired) electrons. The minimum Gasteiger partial charge on any atom is -0.365 e. The van der Waals surface area contributed by atoms with Gasteiger partial charge in [-0.05, 0) is 19.1 Å². The molecule has 0 aliphatic heterocycles. The van der Waals surface area contributed by atoms with Gasteiger partial charge in [-0.2, -0.15) is 0 Å². The summed E-state index contributed by atoms with van der Waals surface area (Å²) in [5, 5.41) is 0.724. The fourth-order valence-electron chi connectivity index (χ4n) is 1.22. The molecule has 0 aromatic carbocycles. The summed E-state index contributed by atoms with van der Waals surface area (Å²) >= 11 is 1.27. The summed E-state index contributed by atoms with van der Waals surface area (Å²) in [5.41, 5.74) is 6.64. The highest BCUT2D eigenvalue weighted by Gasteiger charge is 2.13. The number of nitrogens with zero attached hydrogens (tertiary/aromatic N) is 2. The van der Waals surface area contributed by atoms with Crippen LogP contribution in [0.1, 0.15) is 16.8 Å². The molecule has 5 heteroatoms. The highest BCUT2D eigenvalue weighted by molar-refractivity contribution is 7.17. The molecule has 2 aromatic heterocycles. The van der Waals surface area contributed by atoms with Gasteiger partial charge < -0.3 is 5.73 Å². The summed E-state index contributed by atoms with van der Waals surface area (Å²) in [6.45, 7) is 1.77. The zero-order valence-corrected chi connectivity index (χ0v) is 8.91. The van der Waals surface area contributed by atoms with E-state index in [-0.39, 0.29) is 1.43 Å². The molecule has 0 atom stereocenters. The van der Waals surface area contributed by atoms with Crippen LogP contribution in [-0.4, -0.2) is 15.9 Å². The van der Waals surface area contributed by atoms with Gasteiger partial charge in [0.1, 0.15) is 9.88 Å². The third-order valence-electron chi connectivity index (χ3n) is 1.90. The van der Waals surface area contributed by atoms with Crippen molar-refractivity contribution in [2.75, 3.05) is 0 Å². The third kappa shape index (κ3) is 1.87. The lowest BCUT2D eigenvalue weighted by Crippen LogP contribution is -2.09. The van der Waals surface area contributed by atoms with Gasteiger partial charge in [0.15, 0.2) is 0 Å². The predicted octanol–water partition coefficient (Wildman–Crippen LogP) is 1.86. The van der Waals surface area contributed by atoms with Crippen molar-refractivity contribution in [3.05, 3.63) is 35.0 Å². The molecule has 15 heavy (non-hydrogen) atoms. The van der Waals surface area contributed by atoms with Crippen molar-refractivity contribution < 1.29 is 6.22 Å². The largest absolute Gasteiger partial charge is 0.365 e. The van der Waals surface area contributed by atoms with E-state index in [1.807, 2.05) is 18.2 Å². The van der Waals surface area contributed by atoms with Crippen molar-refractivity contribution in [3.8, 4) is 10.7 Å². The molecule has 78 valence electrons. The lowest BCUT2D eigenvalue weighted by molar-refractivity contribution is 0.100. The Kier molecular flexibility index (Phi) is 2.47. The Balaban J connectivity index is 0.00000128. The molecule has 0 saturated heterocycles. The second kappa shape index (κ2) is 3.78. The smallest absolute Gasteiger partial charge is 0.260 e. The van der Waals surface area contributed by atoms with Crippen LogP contribution in [0.3, 0.4) is 0 Å². The monoisotopic (exact) mass is 221 g/mol. The van der Waals surface area contributed by atoms with Crippen molar-refractivity contribution >= 4 is 17.2 Å². The van der Waals surface area contributed by atoms with Crippen molar-refractivity contribution in [1.29, 1.82) is 0 Å². The molecule has 2 aromatic rings. The van der Waals surface area contributed by atoms with E-state index in [0.717, 1.165) is 10.7 Å². The van der Waals surface area contributed by atoms with Crippen molar-refractivity contribution in [2.45, 2.75) is 6.92 Å². The predicted molar refractivity (Wildman–Crippen MR) is 60.7 cm³/mol. The van der Waals surface area contributed by atoms with E-state index in [4.69, 9.17) is 5.73 Å². The van der Waals surface area contributed by atoms with Crippen LogP contribution in [0.25, 0.3) is 10.7 Å². The molecule has 1 amide bonds. The van der Waals surface area contributed by atoms with Gasteiger partial charge in [0, 0.05) is 7.62 Å². The molecule has 0 aliphatic carbocycles. The Bertz CT molecular complexity index is 498. The first-order valence-electron chi connectivity index (χ1n) is 4.37. The molecule has 0 spiro atoms. The van der Waals surface area contributed by atoms with Crippen LogP contribution in [0.15, 0.2) is 24.4 Å². The highest BCUT2D eigenvalue weighted by atomic mass is 32.1. The van der Waals surface area contributed by atoms with Crippen LogP contribution in [0.5, 0.6) is 0 Å². The molecule has 0 bridgehead atoms. The number of aromatic nitrogens is 2. The Morgan fingerprint density at radius 1 is 1.53 bits per heavy atom. The second-order valence-corrected chi connectivity index (χ2v) is 4.01. The van der Waals surface area contributed by atoms with Crippen molar-refractivity contribution in [1.82, 2.24) is 9.97 Å². The van der Waals surface area contributed by atoms with Gasteiger partial charge in [0.2, 0.25) is 0 Å². The van der Waals surface area contributed by atoms with E-state index in [0.29, 0.717) is 10.6 Å². The summed E-state index contributed by atoms with van der Waals surface area (Å²) in [6.07, 6.45) is 1.69. The summed E-state index contributed by atoms with van der Waals surface area (Å²) in [5.74, 6) is -0.438. The number of pyridine rings is 1. The van der Waals surface area contributed by atoms with E-state index in [2.05, 4.69) is 9.97 Å². The minimum absolute atomic E-state index is 0. The highest BCUT2D eigenvalue weighted by Crippen LogP contribution is 2.25.